The van der Waals surface area contributed by atoms with Crippen LogP contribution < -0.4 is 16.1 Å². The van der Waals surface area contributed by atoms with E-state index in [1.807, 2.05) is 25.1 Å². The van der Waals surface area contributed by atoms with E-state index in [4.69, 9.17) is 16.3 Å². The summed E-state index contributed by atoms with van der Waals surface area (Å²) >= 11 is 6.23. The number of rotatable bonds is 4. The largest absolute Gasteiger partial charge is 0.493 e. The molecule has 2 heterocycles. The van der Waals surface area contributed by atoms with Crippen molar-refractivity contribution in [2.45, 2.75) is 44.9 Å². The van der Waals surface area contributed by atoms with Crippen molar-refractivity contribution in [1.82, 2.24) is 9.97 Å². The zero-order valence-electron chi connectivity index (χ0n) is 14.0. The van der Waals surface area contributed by atoms with Gasteiger partial charge in [0, 0.05) is 6.04 Å². The fourth-order valence-corrected chi connectivity index (χ4v) is 3.72. The Kier molecular flexibility index (Phi) is 4.54. The average Bonchev–Trinajstić information content (AvgIpc) is 3.20. The van der Waals surface area contributed by atoms with Crippen LogP contribution >= 0.6 is 11.6 Å². The number of hydrogen-bond donors (Lipinski definition) is 3. The molecule has 0 spiro atoms. The molecule has 1 saturated carbocycles. The van der Waals surface area contributed by atoms with Gasteiger partial charge >= 0.3 is 7.12 Å². The Hall–Kier alpha value is -1.83. The Labute approximate surface area is 152 Å². The smallest absolute Gasteiger partial charge is 0.423 e. The first-order valence-electron chi connectivity index (χ1n) is 8.60. The van der Waals surface area contributed by atoms with Crippen LogP contribution in [0.25, 0.3) is 0 Å². The van der Waals surface area contributed by atoms with Gasteiger partial charge in [-0.25, -0.2) is 4.98 Å². The van der Waals surface area contributed by atoms with Crippen molar-refractivity contribution in [2.24, 2.45) is 0 Å². The Morgan fingerprint density at radius 1 is 1.28 bits per heavy atom. The van der Waals surface area contributed by atoms with Crippen LogP contribution in [0.15, 0.2) is 24.4 Å². The standard InChI is InChI=1S/C17H20BClN4O2/c1-10-5-4-8-12-14(10)18(24)25-16(12)23-17-20-9-13(19)15(22-17)21-11-6-2-3-7-11/h4-5,8-9,11,16,24H,2-3,6-7H2,1H3,(H2,20,21,22,23). The van der Waals surface area contributed by atoms with Gasteiger partial charge in [0.2, 0.25) is 5.95 Å². The van der Waals surface area contributed by atoms with Crippen LogP contribution in [0.3, 0.4) is 0 Å². The van der Waals surface area contributed by atoms with Gasteiger partial charge in [0.15, 0.2) is 5.82 Å². The minimum Gasteiger partial charge on any atom is -0.423 e. The summed E-state index contributed by atoms with van der Waals surface area (Å²) < 4.78 is 5.63. The Balaban J connectivity index is 1.55. The predicted octanol–water partition coefficient (Wildman–Crippen LogP) is 2.62. The second-order valence-electron chi connectivity index (χ2n) is 6.61. The molecule has 3 N–H and O–H groups in total. The first kappa shape index (κ1) is 16.6. The molecule has 1 aliphatic heterocycles. The molecule has 1 fully saturated rings. The highest BCUT2D eigenvalue weighted by Crippen LogP contribution is 2.29. The van der Waals surface area contributed by atoms with Gasteiger partial charge in [-0.15, -0.1) is 0 Å². The predicted molar refractivity (Wildman–Crippen MR) is 99.2 cm³/mol. The second-order valence-corrected chi connectivity index (χ2v) is 7.01. The molecule has 1 unspecified atom stereocenters. The van der Waals surface area contributed by atoms with E-state index in [2.05, 4.69) is 20.6 Å². The minimum absolute atomic E-state index is 0.410. The van der Waals surface area contributed by atoms with Crippen molar-refractivity contribution in [1.29, 1.82) is 0 Å². The molecule has 0 bridgehead atoms. The summed E-state index contributed by atoms with van der Waals surface area (Å²) in [5.41, 5.74) is 2.70. The maximum absolute atomic E-state index is 10.2. The number of nitrogens with one attached hydrogen (secondary N) is 2. The minimum atomic E-state index is -0.947. The van der Waals surface area contributed by atoms with E-state index in [9.17, 15) is 5.02 Å². The maximum atomic E-state index is 10.2. The van der Waals surface area contributed by atoms with Crippen LogP contribution in [0.4, 0.5) is 11.8 Å². The highest BCUT2D eigenvalue weighted by molar-refractivity contribution is 6.62. The molecule has 4 rings (SSSR count). The van der Waals surface area contributed by atoms with Gasteiger partial charge in [-0.1, -0.05) is 48.2 Å². The second kappa shape index (κ2) is 6.82. The van der Waals surface area contributed by atoms with E-state index in [-0.39, 0.29) is 0 Å². The molecule has 8 heteroatoms. The molecule has 1 aliphatic carbocycles. The zero-order chi connectivity index (χ0) is 17.4. The fraction of sp³-hybridized carbons (Fsp3) is 0.412. The maximum Gasteiger partial charge on any atom is 0.493 e. The molecule has 6 nitrogen and oxygen atoms in total. The van der Waals surface area contributed by atoms with Gasteiger partial charge in [-0.05, 0) is 30.8 Å². The number of aromatic nitrogens is 2. The van der Waals surface area contributed by atoms with E-state index in [1.54, 1.807) is 6.20 Å². The highest BCUT2D eigenvalue weighted by Gasteiger charge is 2.36. The molecule has 0 amide bonds. The molecule has 1 aromatic heterocycles. The molecular formula is C17H20BClN4O2. The van der Waals surface area contributed by atoms with Gasteiger partial charge in [0.1, 0.15) is 11.3 Å². The summed E-state index contributed by atoms with van der Waals surface area (Å²) in [6.45, 7) is 1.95. The topological polar surface area (TPSA) is 79.3 Å². The van der Waals surface area contributed by atoms with Gasteiger partial charge in [-0.2, -0.15) is 4.98 Å². The van der Waals surface area contributed by atoms with Crippen molar-refractivity contribution in [2.75, 3.05) is 10.6 Å². The summed E-state index contributed by atoms with van der Waals surface area (Å²) in [5, 5.41) is 17.2. The summed E-state index contributed by atoms with van der Waals surface area (Å²) in [5.74, 6) is 1.05. The number of aryl methyl sites for hydroxylation is 1. The number of fused-ring (bicyclic) bond motifs is 1. The Morgan fingerprint density at radius 3 is 2.88 bits per heavy atom. The number of nitrogens with zero attached hydrogens (tertiary/aromatic N) is 2. The van der Waals surface area contributed by atoms with E-state index < -0.39 is 13.3 Å². The van der Waals surface area contributed by atoms with Gasteiger partial charge in [0.05, 0.1) is 6.20 Å². The van der Waals surface area contributed by atoms with Crippen molar-refractivity contribution in [3.8, 4) is 0 Å². The zero-order valence-corrected chi connectivity index (χ0v) is 14.8. The van der Waals surface area contributed by atoms with Crippen LogP contribution in [0, 0.1) is 6.92 Å². The first-order chi connectivity index (χ1) is 12.1. The monoisotopic (exact) mass is 358 g/mol. The van der Waals surface area contributed by atoms with E-state index >= 15 is 0 Å². The highest BCUT2D eigenvalue weighted by atomic mass is 35.5. The molecule has 1 atom stereocenters. The third kappa shape index (κ3) is 3.32. The number of hydrogen-bond acceptors (Lipinski definition) is 6. The van der Waals surface area contributed by atoms with E-state index in [0.29, 0.717) is 22.8 Å². The third-order valence-corrected chi connectivity index (χ3v) is 5.13. The number of benzene rings is 1. The Bertz CT molecular complexity index is 785. The lowest BCUT2D eigenvalue weighted by molar-refractivity contribution is 0.215. The lowest BCUT2D eigenvalue weighted by atomic mass is 9.76. The molecule has 130 valence electrons. The summed E-state index contributed by atoms with van der Waals surface area (Å²) in [6.07, 6.45) is 5.81. The van der Waals surface area contributed by atoms with Crippen molar-refractivity contribution in [3.63, 3.8) is 0 Å². The van der Waals surface area contributed by atoms with Gasteiger partial charge < -0.3 is 20.3 Å². The van der Waals surface area contributed by atoms with Crippen LogP contribution in [-0.4, -0.2) is 28.2 Å². The molecule has 2 aromatic rings. The molecule has 1 aromatic carbocycles. The van der Waals surface area contributed by atoms with Crippen LogP contribution in [-0.2, 0) is 4.65 Å². The summed E-state index contributed by atoms with van der Waals surface area (Å²) in [6, 6.07) is 6.24. The normalized spacial score (nSPS) is 20.0. The molecule has 25 heavy (non-hydrogen) atoms. The number of anilines is 2. The molecular weight excluding hydrogens is 338 g/mol. The summed E-state index contributed by atoms with van der Waals surface area (Å²) in [4.78, 5) is 8.73. The molecule has 2 aliphatic rings. The van der Waals surface area contributed by atoms with Crippen molar-refractivity contribution >= 4 is 35.9 Å². The van der Waals surface area contributed by atoms with Crippen molar-refractivity contribution < 1.29 is 9.68 Å². The molecule has 0 radical (unpaired) electrons. The molecule has 0 saturated heterocycles. The van der Waals surface area contributed by atoms with Crippen LogP contribution in [0.1, 0.15) is 43.0 Å². The van der Waals surface area contributed by atoms with E-state index in [0.717, 1.165) is 29.4 Å². The van der Waals surface area contributed by atoms with Gasteiger partial charge in [-0.3, -0.25) is 0 Å². The number of halogens is 1. The lowest BCUT2D eigenvalue weighted by Gasteiger charge is -2.17. The third-order valence-electron chi connectivity index (χ3n) is 4.85. The SMILES string of the molecule is Cc1cccc2c1B(O)OC2Nc1ncc(Cl)c(NC2CCCC2)n1. The van der Waals surface area contributed by atoms with E-state index in [1.165, 1.54) is 12.8 Å². The van der Waals surface area contributed by atoms with Crippen molar-refractivity contribution in [3.05, 3.63) is 40.5 Å². The first-order valence-corrected chi connectivity index (χ1v) is 8.98. The fourth-order valence-electron chi connectivity index (χ4n) is 3.57. The van der Waals surface area contributed by atoms with Crippen LogP contribution in [0.5, 0.6) is 0 Å². The lowest BCUT2D eigenvalue weighted by Crippen LogP contribution is -2.30. The van der Waals surface area contributed by atoms with Gasteiger partial charge in [0.25, 0.3) is 0 Å². The Morgan fingerprint density at radius 2 is 2.08 bits per heavy atom. The summed E-state index contributed by atoms with van der Waals surface area (Å²) in [7, 11) is -0.947. The van der Waals surface area contributed by atoms with Crippen LogP contribution in [0.2, 0.25) is 5.02 Å². The quantitative estimate of drug-likeness (QED) is 0.729. The average molecular weight is 359 g/mol.